The van der Waals surface area contributed by atoms with Crippen molar-refractivity contribution in [2.45, 2.75) is 65.3 Å². The molecule has 0 radical (unpaired) electrons. The maximum atomic E-state index is 6.23. The maximum absolute atomic E-state index is 6.23. The number of rotatable bonds is 2. The van der Waals surface area contributed by atoms with E-state index in [2.05, 4.69) is 33.5 Å². The zero-order valence-electron chi connectivity index (χ0n) is 9.81. The first kappa shape index (κ1) is 11.3. The second-order valence-electron chi connectivity index (χ2n) is 5.95. The molecule has 1 saturated carbocycles. The van der Waals surface area contributed by atoms with Crippen LogP contribution >= 0.6 is 0 Å². The molecule has 0 unspecified atom stereocenters. The van der Waals surface area contributed by atoms with E-state index in [9.17, 15) is 0 Å². The molecule has 2 heteroatoms. The molecule has 1 fully saturated rings. The molecule has 78 valence electrons. The van der Waals surface area contributed by atoms with Crippen LogP contribution in [0.2, 0.25) is 19.6 Å². The molecule has 0 spiro atoms. The Morgan fingerprint density at radius 1 is 1.15 bits per heavy atom. The van der Waals surface area contributed by atoms with E-state index in [0.29, 0.717) is 11.5 Å². The first-order valence-electron chi connectivity index (χ1n) is 5.49. The molecule has 1 rings (SSSR count). The fraction of sp³-hybridized carbons (Fsp3) is 1.00. The summed E-state index contributed by atoms with van der Waals surface area (Å²) in [7, 11) is -1.33. The Morgan fingerprint density at radius 3 is 2.23 bits per heavy atom. The Hall–Kier alpha value is 0.177. The van der Waals surface area contributed by atoms with Gasteiger partial charge in [-0.25, -0.2) is 0 Å². The lowest BCUT2D eigenvalue weighted by Crippen LogP contribution is -2.42. The summed E-state index contributed by atoms with van der Waals surface area (Å²) in [6, 6.07) is 0. The van der Waals surface area contributed by atoms with Crippen molar-refractivity contribution in [1.29, 1.82) is 0 Å². The van der Waals surface area contributed by atoms with Crippen molar-refractivity contribution in [1.82, 2.24) is 0 Å². The van der Waals surface area contributed by atoms with Gasteiger partial charge >= 0.3 is 0 Å². The molecule has 1 atom stereocenters. The first-order chi connectivity index (χ1) is 5.81. The average Bonchev–Trinajstić information content (AvgIpc) is 1.91. The van der Waals surface area contributed by atoms with E-state index in [0.717, 1.165) is 0 Å². The van der Waals surface area contributed by atoms with Gasteiger partial charge in [0.25, 0.3) is 0 Å². The van der Waals surface area contributed by atoms with Crippen LogP contribution in [0.1, 0.15) is 39.5 Å². The minimum absolute atomic E-state index is 0.415. The summed E-state index contributed by atoms with van der Waals surface area (Å²) in [5.74, 6) is 0. The maximum Gasteiger partial charge on any atom is 0.184 e. The zero-order chi connectivity index (χ0) is 10.1. The van der Waals surface area contributed by atoms with Crippen LogP contribution in [0.3, 0.4) is 0 Å². The Labute approximate surface area is 84.0 Å². The third-order valence-electron chi connectivity index (χ3n) is 2.90. The quantitative estimate of drug-likeness (QED) is 0.616. The molecule has 1 aliphatic rings. The molecule has 0 saturated heterocycles. The highest BCUT2D eigenvalue weighted by atomic mass is 28.4. The SMILES string of the molecule is CC1(C)CCCC[C@@H]1O[Si](C)(C)C. The van der Waals surface area contributed by atoms with Crippen LogP contribution in [0, 0.1) is 5.41 Å². The predicted molar refractivity (Wildman–Crippen MR) is 60.5 cm³/mol. The van der Waals surface area contributed by atoms with Gasteiger partial charge < -0.3 is 4.43 Å². The third kappa shape index (κ3) is 3.43. The molecule has 13 heavy (non-hydrogen) atoms. The molecule has 0 aromatic heterocycles. The van der Waals surface area contributed by atoms with Gasteiger partial charge in [0.1, 0.15) is 0 Å². The topological polar surface area (TPSA) is 9.23 Å². The molecule has 0 aromatic carbocycles. The van der Waals surface area contributed by atoms with Crippen LogP contribution in [0.4, 0.5) is 0 Å². The molecule has 0 N–H and O–H groups in total. The van der Waals surface area contributed by atoms with Gasteiger partial charge in [-0.15, -0.1) is 0 Å². The van der Waals surface area contributed by atoms with Gasteiger partial charge in [0.2, 0.25) is 0 Å². The highest BCUT2D eigenvalue weighted by Crippen LogP contribution is 2.38. The lowest BCUT2D eigenvalue weighted by molar-refractivity contribution is 0.0280. The Kier molecular flexibility index (Phi) is 3.23. The van der Waals surface area contributed by atoms with Crippen LogP contribution in [-0.4, -0.2) is 14.4 Å². The van der Waals surface area contributed by atoms with E-state index in [-0.39, 0.29) is 0 Å². The minimum Gasteiger partial charge on any atom is -0.414 e. The van der Waals surface area contributed by atoms with Crippen LogP contribution in [0.25, 0.3) is 0 Å². The van der Waals surface area contributed by atoms with E-state index >= 15 is 0 Å². The Morgan fingerprint density at radius 2 is 1.77 bits per heavy atom. The third-order valence-corrected chi connectivity index (χ3v) is 3.90. The summed E-state index contributed by atoms with van der Waals surface area (Å²) >= 11 is 0. The molecule has 0 aliphatic heterocycles. The molecular formula is C11H24OSi. The van der Waals surface area contributed by atoms with Crippen molar-refractivity contribution in [3.8, 4) is 0 Å². The van der Waals surface area contributed by atoms with Crippen molar-refractivity contribution in [3.05, 3.63) is 0 Å². The van der Waals surface area contributed by atoms with Gasteiger partial charge in [-0.2, -0.15) is 0 Å². The molecule has 0 bridgehead atoms. The molecular weight excluding hydrogens is 176 g/mol. The Balaban J connectivity index is 2.56. The van der Waals surface area contributed by atoms with E-state index in [4.69, 9.17) is 4.43 Å². The van der Waals surface area contributed by atoms with E-state index in [1.165, 1.54) is 25.7 Å². The normalized spacial score (nSPS) is 28.8. The lowest BCUT2D eigenvalue weighted by atomic mass is 9.75. The number of hydrogen-bond donors (Lipinski definition) is 0. The van der Waals surface area contributed by atoms with E-state index in [1.54, 1.807) is 0 Å². The van der Waals surface area contributed by atoms with Crippen molar-refractivity contribution in [2.24, 2.45) is 5.41 Å². The highest BCUT2D eigenvalue weighted by molar-refractivity contribution is 6.69. The molecule has 0 amide bonds. The van der Waals surface area contributed by atoms with E-state index in [1.807, 2.05) is 0 Å². The average molecular weight is 200 g/mol. The first-order valence-corrected chi connectivity index (χ1v) is 8.90. The summed E-state index contributed by atoms with van der Waals surface area (Å²) in [6.07, 6.45) is 5.88. The second kappa shape index (κ2) is 3.74. The summed E-state index contributed by atoms with van der Waals surface area (Å²) < 4.78 is 6.23. The minimum atomic E-state index is -1.33. The predicted octanol–water partition coefficient (Wildman–Crippen LogP) is 3.81. The van der Waals surface area contributed by atoms with Crippen molar-refractivity contribution >= 4 is 8.32 Å². The van der Waals surface area contributed by atoms with Gasteiger partial charge in [0, 0.05) is 0 Å². The summed E-state index contributed by atoms with van der Waals surface area (Å²) in [5, 5.41) is 0. The van der Waals surface area contributed by atoms with E-state index < -0.39 is 8.32 Å². The monoisotopic (exact) mass is 200 g/mol. The van der Waals surface area contributed by atoms with Crippen LogP contribution in [0.15, 0.2) is 0 Å². The summed E-state index contributed by atoms with van der Waals surface area (Å²) in [5.41, 5.74) is 0.415. The molecule has 1 nitrogen and oxygen atoms in total. The smallest absolute Gasteiger partial charge is 0.184 e. The van der Waals surface area contributed by atoms with Crippen molar-refractivity contribution in [3.63, 3.8) is 0 Å². The van der Waals surface area contributed by atoms with Gasteiger partial charge in [0.05, 0.1) is 6.10 Å². The highest BCUT2D eigenvalue weighted by Gasteiger charge is 2.35. The Bertz CT molecular complexity index is 169. The fourth-order valence-electron chi connectivity index (χ4n) is 2.11. The lowest BCUT2D eigenvalue weighted by Gasteiger charge is -2.41. The molecule has 0 heterocycles. The van der Waals surface area contributed by atoms with Gasteiger partial charge in [-0.05, 0) is 37.9 Å². The van der Waals surface area contributed by atoms with Gasteiger partial charge in [-0.1, -0.05) is 26.7 Å². The van der Waals surface area contributed by atoms with Crippen LogP contribution < -0.4 is 0 Å². The molecule has 0 aromatic rings. The summed E-state index contributed by atoms with van der Waals surface area (Å²) in [6.45, 7) is 11.6. The largest absolute Gasteiger partial charge is 0.414 e. The standard InChI is InChI=1S/C11H24OSi/c1-11(2)9-7-6-8-10(11)12-13(3,4)5/h10H,6-9H2,1-5H3/t10-/m0/s1. The van der Waals surface area contributed by atoms with Crippen LogP contribution in [-0.2, 0) is 4.43 Å². The van der Waals surface area contributed by atoms with Crippen LogP contribution in [0.5, 0.6) is 0 Å². The van der Waals surface area contributed by atoms with Gasteiger partial charge in [0.15, 0.2) is 8.32 Å². The second-order valence-corrected chi connectivity index (χ2v) is 10.4. The van der Waals surface area contributed by atoms with Gasteiger partial charge in [-0.3, -0.25) is 0 Å². The van der Waals surface area contributed by atoms with Crippen molar-refractivity contribution in [2.75, 3.05) is 0 Å². The summed E-state index contributed by atoms with van der Waals surface area (Å²) in [4.78, 5) is 0. The fourth-order valence-corrected chi connectivity index (χ4v) is 3.40. The zero-order valence-corrected chi connectivity index (χ0v) is 10.8. The number of hydrogen-bond acceptors (Lipinski definition) is 1. The van der Waals surface area contributed by atoms with Crippen molar-refractivity contribution < 1.29 is 4.43 Å². The molecule has 1 aliphatic carbocycles.